The lowest BCUT2D eigenvalue weighted by Crippen LogP contribution is -2.28. The minimum absolute atomic E-state index is 0.00409. The van der Waals surface area contributed by atoms with Gasteiger partial charge in [-0.05, 0) is 18.2 Å². The summed E-state index contributed by atoms with van der Waals surface area (Å²) in [6, 6.07) is 3.40. The molecule has 0 bridgehead atoms. The monoisotopic (exact) mass is 284 g/mol. The van der Waals surface area contributed by atoms with E-state index in [0.717, 1.165) is 12.1 Å². The van der Waals surface area contributed by atoms with Crippen molar-refractivity contribution in [1.82, 2.24) is 0 Å². The molecule has 1 rings (SSSR count). The number of carbonyl (C=O) groups excluding carboxylic acids is 2. The van der Waals surface area contributed by atoms with Gasteiger partial charge in [0, 0.05) is 13.7 Å². The number of esters is 1. The molecule has 0 spiro atoms. The van der Waals surface area contributed by atoms with E-state index in [1.807, 2.05) is 0 Å². The van der Waals surface area contributed by atoms with Gasteiger partial charge in [0.1, 0.15) is 5.82 Å². The molecule has 1 amide bonds. The summed E-state index contributed by atoms with van der Waals surface area (Å²) >= 11 is 0. The fourth-order valence-corrected chi connectivity index (χ4v) is 1.58. The third-order valence-electron chi connectivity index (χ3n) is 2.67. The van der Waals surface area contributed by atoms with Gasteiger partial charge >= 0.3 is 5.97 Å². The summed E-state index contributed by atoms with van der Waals surface area (Å²) in [5.74, 6) is -1.67. The van der Waals surface area contributed by atoms with Crippen LogP contribution in [0, 0.1) is 5.82 Å². The van der Waals surface area contributed by atoms with Crippen molar-refractivity contribution in [1.29, 1.82) is 0 Å². The van der Waals surface area contributed by atoms with Crippen LogP contribution in [0.2, 0.25) is 0 Å². The van der Waals surface area contributed by atoms with E-state index in [4.69, 9.17) is 10.5 Å². The predicted molar refractivity (Wildman–Crippen MR) is 70.8 cm³/mol. The van der Waals surface area contributed by atoms with Gasteiger partial charge in [0.05, 0.1) is 30.9 Å². The van der Waals surface area contributed by atoms with Crippen LogP contribution < -0.4 is 11.1 Å². The summed E-state index contributed by atoms with van der Waals surface area (Å²) in [6.45, 7) is 0.178. The number of hydrogen-bond acceptors (Lipinski definition) is 5. The average Bonchev–Trinajstić information content (AvgIpc) is 2.44. The van der Waals surface area contributed by atoms with Crippen LogP contribution in [0.1, 0.15) is 16.8 Å². The Labute approximate surface area is 116 Å². The number of amides is 1. The maximum Gasteiger partial charge on any atom is 0.339 e. The van der Waals surface area contributed by atoms with Gasteiger partial charge < -0.3 is 20.5 Å². The number of rotatable bonds is 6. The lowest BCUT2D eigenvalue weighted by molar-refractivity contribution is -0.118. The standard InChI is InChI=1S/C13H17FN2O4/c1-19-9(7-15)6-12(17)16-11-5-8(14)3-4-10(11)13(18)20-2/h3-5,9H,6-7,15H2,1-2H3,(H,16,17). The molecule has 0 fully saturated rings. The van der Waals surface area contributed by atoms with E-state index < -0.39 is 23.8 Å². The first-order valence-corrected chi connectivity index (χ1v) is 5.92. The third kappa shape index (κ3) is 4.29. The number of carbonyl (C=O) groups is 2. The highest BCUT2D eigenvalue weighted by atomic mass is 19.1. The van der Waals surface area contributed by atoms with Crippen LogP contribution >= 0.6 is 0 Å². The number of halogens is 1. The van der Waals surface area contributed by atoms with Gasteiger partial charge in [-0.3, -0.25) is 4.79 Å². The van der Waals surface area contributed by atoms with Gasteiger partial charge in [-0.1, -0.05) is 0 Å². The molecule has 0 saturated carbocycles. The highest BCUT2D eigenvalue weighted by Crippen LogP contribution is 2.18. The second kappa shape index (κ2) is 7.56. The van der Waals surface area contributed by atoms with E-state index in [-0.39, 0.29) is 24.2 Å². The molecule has 1 unspecified atom stereocenters. The molecule has 7 heteroatoms. The Kier molecular flexibility index (Phi) is 6.08. The number of hydrogen-bond donors (Lipinski definition) is 2. The van der Waals surface area contributed by atoms with Gasteiger partial charge in [-0.2, -0.15) is 0 Å². The van der Waals surface area contributed by atoms with Gasteiger partial charge in [-0.25, -0.2) is 9.18 Å². The Morgan fingerprint density at radius 2 is 2.10 bits per heavy atom. The lowest BCUT2D eigenvalue weighted by Gasteiger charge is -2.14. The molecule has 1 aromatic rings. The molecule has 0 saturated heterocycles. The van der Waals surface area contributed by atoms with Crippen molar-refractivity contribution in [3.63, 3.8) is 0 Å². The molecule has 0 heterocycles. The van der Waals surface area contributed by atoms with Crippen molar-refractivity contribution in [2.24, 2.45) is 5.73 Å². The molecule has 110 valence electrons. The minimum atomic E-state index is -0.664. The number of benzene rings is 1. The molecule has 0 radical (unpaired) electrons. The van der Waals surface area contributed by atoms with E-state index in [9.17, 15) is 14.0 Å². The zero-order valence-corrected chi connectivity index (χ0v) is 11.3. The Bertz CT molecular complexity index is 489. The fourth-order valence-electron chi connectivity index (χ4n) is 1.58. The van der Waals surface area contributed by atoms with Crippen LogP contribution in [0.25, 0.3) is 0 Å². The summed E-state index contributed by atoms with van der Waals surface area (Å²) in [7, 11) is 2.64. The van der Waals surface area contributed by atoms with Crippen molar-refractivity contribution in [2.45, 2.75) is 12.5 Å². The van der Waals surface area contributed by atoms with Crippen LogP contribution in [-0.4, -0.2) is 38.7 Å². The smallest absolute Gasteiger partial charge is 0.339 e. The zero-order chi connectivity index (χ0) is 15.1. The number of ether oxygens (including phenoxy) is 2. The second-order valence-corrected chi connectivity index (χ2v) is 4.03. The van der Waals surface area contributed by atoms with Crippen LogP contribution in [0.5, 0.6) is 0 Å². The third-order valence-corrected chi connectivity index (χ3v) is 2.67. The van der Waals surface area contributed by atoms with Crippen molar-refractivity contribution < 1.29 is 23.5 Å². The Morgan fingerprint density at radius 1 is 1.40 bits per heavy atom. The van der Waals surface area contributed by atoms with Crippen LogP contribution in [0.3, 0.4) is 0 Å². The normalized spacial score (nSPS) is 11.8. The first-order chi connectivity index (χ1) is 9.51. The summed E-state index contributed by atoms with van der Waals surface area (Å²) in [5.41, 5.74) is 5.53. The van der Waals surface area contributed by atoms with E-state index in [2.05, 4.69) is 10.1 Å². The van der Waals surface area contributed by atoms with Gasteiger partial charge in [-0.15, -0.1) is 0 Å². The average molecular weight is 284 g/mol. The molecule has 6 nitrogen and oxygen atoms in total. The molecule has 0 aliphatic rings. The lowest BCUT2D eigenvalue weighted by atomic mass is 10.1. The van der Waals surface area contributed by atoms with Gasteiger partial charge in [0.15, 0.2) is 0 Å². The van der Waals surface area contributed by atoms with Crippen molar-refractivity contribution in [3.8, 4) is 0 Å². The summed E-state index contributed by atoms with van der Waals surface area (Å²) in [5, 5.41) is 2.45. The summed E-state index contributed by atoms with van der Waals surface area (Å²) in [4.78, 5) is 23.3. The van der Waals surface area contributed by atoms with Gasteiger partial charge in [0.2, 0.25) is 5.91 Å². The molecule has 3 N–H and O–H groups in total. The molecule has 1 atom stereocenters. The summed E-state index contributed by atoms with van der Waals surface area (Å²) < 4.78 is 22.8. The first kappa shape index (κ1) is 16.1. The SMILES string of the molecule is COC(=O)c1ccc(F)cc1NC(=O)CC(CN)OC. The van der Waals surface area contributed by atoms with Crippen LogP contribution in [0.4, 0.5) is 10.1 Å². The Morgan fingerprint density at radius 3 is 2.65 bits per heavy atom. The van der Waals surface area contributed by atoms with Crippen molar-refractivity contribution >= 4 is 17.6 Å². The molecule has 20 heavy (non-hydrogen) atoms. The highest BCUT2D eigenvalue weighted by Gasteiger charge is 2.17. The molecular weight excluding hydrogens is 267 g/mol. The highest BCUT2D eigenvalue weighted by molar-refractivity contribution is 6.01. The maximum atomic E-state index is 13.2. The Hall–Kier alpha value is -1.99. The number of anilines is 1. The van der Waals surface area contributed by atoms with Crippen molar-refractivity contribution in [3.05, 3.63) is 29.6 Å². The molecular formula is C13H17FN2O4. The zero-order valence-electron chi connectivity index (χ0n) is 11.3. The topological polar surface area (TPSA) is 90.7 Å². The quantitative estimate of drug-likeness (QED) is 0.758. The first-order valence-electron chi connectivity index (χ1n) is 5.92. The largest absolute Gasteiger partial charge is 0.465 e. The molecule has 0 aliphatic heterocycles. The van der Waals surface area contributed by atoms with E-state index in [1.165, 1.54) is 20.3 Å². The van der Waals surface area contributed by atoms with Crippen LogP contribution in [-0.2, 0) is 14.3 Å². The Balaban J connectivity index is 2.87. The second-order valence-electron chi connectivity index (χ2n) is 4.03. The van der Waals surface area contributed by atoms with E-state index in [1.54, 1.807) is 0 Å². The van der Waals surface area contributed by atoms with Gasteiger partial charge in [0.25, 0.3) is 0 Å². The van der Waals surface area contributed by atoms with E-state index in [0.29, 0.717) is 0 Å². The fraction of sp³-hybridized carbons (Fsp3) is 0.385. The number of nitrogens with one attached hydrogen (secondary N) is 1. The van der Waals surface area contributed by atoms with E-state index >= 15 is 0 Å². The number of methoxy groups -OCH3 is 2. The predicted octanol–water partition coefficient (Wildman–Crippen LogP) is 0.915. The van der Waals surface area contributed by atoms with Crippen molar-refractivity contribution in [2.75, 3.05) is 26.1 Å². The minimum Gasteiger partial charge on any atom is -0.465 e. The molecule has 0 aliphatic carbocycles. The molecule has 1 aromatic carbocycles. The summed E-state index contributed by atoms with van der Waals surface area (Å²) in [6.07, 6.45) is -0.436. The van der Waals surface area contributed by atoms with Crippen LogP contribution in [0.15, 0.2) is 18.2 Å². The maximum absolute atomic E-state index is 13.2. The molecule has 0 aromatic heterocycles. The number of nitrogens with two attached hydrogens (primary N) is 1.